The summed E-state index contributed by atoms with van der Waals surface area (Å²) in [6.45, 7) is 15.5. The van der Waals surface area contributed by atoms with Gasteiger partial charge in [-0.2, -0.15) is 0 Å². The lowest BCUT2D eigenvalue weighted by Crippen LogP contribution is -2.46. The lowest BCUT2D eigenvalue weighted by atomic mass is 10.2. The minimum atomic E-state index is 0. The summed E-state index contributed by atoms with van der Waals surface area (Å²) in [4.78, 5) is 9.89. The summed E-state index contributed by atoms with van der Waals surface area (Å²) in [6.07, 6.45) is 3.34. The van der Waals surface area contributed by atoms with Crippen molar-refractivity contribution in [1.82, 2.24) is 20.4 Å². The number of guanidine groups is 1. The molecular weight excluding hydrogens is 517 g/mol. The van der Waals surface area contributed by atoms with E-state index < -0.39 is 0 Å². The average molecular weight is 562 g/mol. The Morgan fingerprint density at radius 1 is 0.938 bits per heavy atom. The zero-order valence-corrected chi connectivity index (χ0v) is 22.6. The van der Waals surface area contributed by atoms with Gasteiger partial charge in [0.2, 0.25) is 0 Å². The third-order valence-electron chi connectivity index (χ3n) is 5.65. The molecule has 1 aliphatic heterocycles. The summed E-state index contributed by atoms with van der Waals surface area (Å²) in [5, 5.41) is 6.95. The number of halogens is 1. The van der Waals surface area contributed by atoms with Crippen LogP contribution in [0, 0.1) is 0 Å². The second-order valence-corrected chi connectivity index (χ2v) is 7.90. The lowest BCUT2D eigenvalue weighted by Gasteiger charge is -2.34. The first-order valence-corrected chi connectivity index (χ1v) is 11.9. The molecule has 0 atom stereocenters. The largest absolute Gasteiger partial charge is 0.497 e. The zero-order chi connectivity index (χ0) is 22.2. The highest BCUT2D eigenvalue weighted by molar-refractivity contribution is 14.0. The van der Waals surface area contributed by atoms with Gasteiger partial charge < -0.3 is 29.9 Å². The van der Waals surface area contributed by atoms with Crippen LogP contribution < -0.4 is 15.4 Å². The fourth-order valence-corrected chi connectivity index (χ4v) is 3.60. The van der Waals surface area contributed by atoms with Crippen LogP contribution in [0.3, 0.4) is 0 Å². The van der Waals surface area contributed by atoms with Gasteiger partial charge in [-0.25, -0.2) is 4.99 Å². The fraction of sp³-hybridized carbons (Fsp3) is 0.708. The summed E-state index contributed by atoms with van der Waals surface area (Å²) in [5.74, 6) is 1.75. The Hall–Kier alpha value is -1.10. The summed E-state index contributed by atoms with van der Waals surface area (Å²) < 4.78 is 10.7. The molecule has 184 valence electrons. The van der Waals surface area contributed by atoms with Gasteiger partial charge >= 0.3 is 0 Å². The quantitative estimate of drug-likeness (QED) is 0.158. The minimum Gasteiger partial charge on any atom is -0.497 e. The average Bonchev–Trinajstić information content (AvgIpc) is 2.82. The van der Waals surface area contributed by atoms with Gasteiger partial charge in [0.1, 0.15) is 5.75 Å². The number of likely N-dealkylation sites (N-methyl/N-ethyl adjacent to an activating group) is 1. The number of unbranched alkanes of at least 4 members (excludes halogenated alkanes) is 1. The molecule has 1 fully saturated rings. The van der Waals surface area contributed by atoms with E-state index in [9.17, 15) is 0 Å². The number of rotatable bonds is 14. The first-order valence-electron chi connectivity index (χ1n) is 11.9. The topological polar surface area (TPSA) is 61.4 Å². The number of hydrogen-bond acceptors (Lipinski definition) is 5. The minimum absolute atomic E-state index is 0. The van der Waals surface area contributed by atoms with E-state index in [4.69, 9.17) is 14.5 Å². The summed E-state index contributed by atoms with van der Waals surface area (Å²) in [5.41, 5.74) is 1.17. The number of benzene rings is 1. The predicted octanol–water partition coefficient (Wildman–Crippen LogP) is 3.19. The molecule has 0 unspecified atom stereocenters. The number of methoxy groups -OCH3 is 1. The van der Waals surface area contributed by atoms with Crippen molar-refractivity contribution in [2.75, 3.05) is 72.7 Å². The molecule has 0 aromatic heterocycles. The Kier molecular flexibility index (Phi) is 16.6. The van der Waals surface area contributed by atoms with E-state index in [1.165, 1.54) is 51.3 Å². The van der Waals surface area contributed by atoms with E-state index in [1.807, 2.05) is 19.1 Å². The Morgan fingerprint density at radius 3 is 2.22 bits per heavy atom. The van der Waals surface area contributed by atoms with Gasteiger partial charge in [0.25, 0.3) is 0 Å². The highest BCUT2D eigenvalue weighted by Gasteiger charge is 2.14. The monoisotopic (exact) mass is 561 g/mol. The number of piperazine rings is 1. The fourth-order valence-electron chi connectivity index (χ4n) is 3.60. The zero-order valence-electron chi connectivity index (χ0n) is 20.3. The molecule has 0 bridgehead atoms. The Bertz CT molecular complexity index is 607. The van der Waals surface area contributed by atoms with E-state index in [0.717, 1.165) is 50.9 Å². The molecule has 1 saturated heterocycles. The summed E-state index contributed by atoms with van der Waals surface area (Å²) in [7, 11) is 1.69. The summed E-state index contributed by atoms with van der Waals surface area (Å²) in [6, 6.07) is 8.09. The van der Waals surface area contributed by atoms with Crippen LogP contribution in [-0.2, 0) is 11.3 Å². The Balaban J connectivity index is 0.00000512. The van der Waals surface area contributed by atoms with Crippen LogP contribution in [0.25, 0.3) is 0 Å². The van der Waals surface area contributed by atoms with Gasteiger partial charge in [-0.05, 0) is 57.0 Å². The Labute approximate surface area is 212 Å². The maximum Gasteiger partial charge on any atom is 0.191 e. The van der Waals surface area contributed by atoms with Gasteiger partial charge in [-0.3, -0.25) is 0 Å². The molecule has 8 heteroatoms. The van der Waals surface area contributed by atoms with Crippen molar-refractivity contribution in [3.05, 3.63) is 29.8 Å². The maximum absolute atomic E-state index is 5.43. The highest BCUT2D eigenvalue weighted by Crippen LogP contribution is 2.11. The second-order valence-electron chi connectivity index (χ2n) is 7.90. The van der Waals surface area contributed by atoms with Crippen molar-refractivity contribution < 1.29 is 9.47 Å². The van der Waals surface area contributed by atoms with Crippen molar-refractivity contribution in [2.24, 2.45) is 4.99 Å². The smallest absolute Gasteiger partial charge is 0.191 e. The molecule has 0 radical (unpaired) electrons. The van der Waals surface area contributed by atoms with E-state index in [1.54, 1.807) is 7.11 Å². The number of hydrogen-bond donors (Lipinski definition) is 2. The van der Waals surface area contributed by atoms with Crippen LogP contribution in [0.5, 0.6) is 5.75 Å². The molecule has 0 saturated carbocycles. The molecule has 2 N–H and O–H groups in total. The van der Waals surface area contributed by atoms with Crippen molar-refractivity contribution >= 4 is 29.9 Å². The number of nitrogens with zero attached hydrogens (tertiary/aromatic N) is 3. The van der Waals surface area contributed by atoms with Crippen molar-refractivity contribution in [3.63, 3.8) is 0 Å². The van der Waals surface area contributed by atoms with E-state index >= 15 is 0 Å². The molecule has 1 aromatic carbocycles. The van der Waals surface area contributed by atoms with Gasteiger partial charge in [0, 0.05) is 52.5 Å². The SMILES string of the molecule is CCOCCCNC(=NCc1ccc(OC)cc1)NCCCCN1CCN(CC)CC1.I. The highest BCUT2D eigenvalue weighted by atomic mass is 127. The van der Waals surface area contributed by atoms with Crippen LogP contribution in [-0.4, -0.2) is 88.4 Å². The van der Waals surface area contributed by atoms with E-state index in [0.29, 0.717) is 6.54 Å². The van der Waals surface area contributed by atoms with Gasteiger partial charge in [0.05, 0.1) is 13.7 Å². The first-order chi connectivity index (χ1) is 15.2. The number of aliphatic imine (C=N–C) groups is 1. The standard InChI is InChI=1S/C24H43N5O2.HI/c1-4-28-16-18-29(19-17-28)15-7-6-13-25-24(26-14-8-20-31-5-2)27-21-22-9-11-23(30-3)12-10-22;/h9-12H,4-8,13-21H2,1-3H3,(H2,25,26,27);1H. The second kappa shape index (κ2) is 18.3. The molecule has 1 aliphatic rings. The maximum atomic E-state index is 5.43. The molecule has 2 rings (SSSR count). The third kappa shape index (κ3) is 12.2. The van der Waals surface area contributed by atoms with Crippen molar-refractivity contribution in [3.8, 4) is 5.75 Å². The molecule has 0 aliphatic carbocycles. The van der Waals surface area contributed by atoms with Crippen LogP contribution >= 0.6 is 24.0 Å². The van der Waals surface area contributed by atoms with Crippen LogP contribution in [0.2, 0.25) is 0 Å². The number of nitrogens with one attached hydrogen (secondary N) is 2. The van der Waals surface area contributed by atoms with Crippen LogP contribution in [0.4, 0.5) is 0 Å². The van der Waals surface area contributed by atoms with Gasteiger partial charge in [-0.1, -0.05) is 19.1 Å². The van der Waals surface area contributed by atoms with Crippen LogP contribution in [0.15, 0.2) is 29.3 Å². The van der Waals surface area contributed by atoms with E-state index in [2.05, 4.69) is 39.5 Å². The lowest BCUT2D eigenvalue weighted by molar-refractivity contribution is 0.136. The van der Waals surface area contributed by atoms with Crippen molar-refractivity contribution in [1.29, 1.82) is 0 Å². The van der Waals surface area contributed by atoms with Gasteiger partial charge in [0.15, 0.2) is 5.96 Å². The molecule has 7 nitrogen and oxygen atoms in total. The molecule has 1 heterocycles. The number of ether oxygens (including phenoxy) is 2. The third-order valence-corrected chi connectivity index (χ3v) is 5.65. The Morgan fingerprint density at radius 2 is 1.59 bits per heavy atom. The molecule has 1 aromatic rings. The molecular formula is C24H44IN5O2. The molecule has 32 heavy (non-hydrogen) atoms. The predicted molar refractivity (Wildman–Crippen MR) is 144 cm³/mol. The van der Waals surface area contributed by atoms with Crippen molar-refractivity contribution in [2.45, 2.75) is 39.7 Å². The molecule has 0 spiro atoms. The summed E-state index contributed by atoms with van der Waals surface area (Å²) >= 11 is 0. The van der Waals surface area contributed by atoms with Gasteiger partial charge in [-0.15, -0.1) is 24.0 Å². The normalized spacial score (nSPS) is 15.3. The van der Waals surface area contributed by atoms with E-state index in [-0.39, 0.29) is 24.0 Å². The first kappa shape index (κ1) is 28.9. The van der Waals surface area contributed by atoms with Crippen LogP contribution in [0.1, 0.15) is 38.7 Å². The molecule has 0 amide bonds.